The Balaban J connectivity index is 2.41. The summed E-state index contributed by atoms with van der Waals surface area (Å²) >= 11 is 0. The largest absolute Gasteiger partial charge is 0.392 e. The molecule has 0 bridgehead atoms. The van der Waals surface area contributed by atoms with E-state index in [1.54, 1.807) is 6.20 Å². The molecule has 0 aliphatic rings. The number of unbranched alkanes of at least 4 members (excludes halogenated alkanes) is 1. The quantitative estimate of drug-likeness (QED) is 0.769. The number of aliphatic hydroxyl groups is 1. The van der Waals surface area contributed by atoms with E-state index in [1.165, 1.54) is 0 Å². The van der Waals surface area contributed by atoms with Crippen molar-refractivity contribution in [1.29, 1.82) is 0 Å². The predicted octanol–water partition coefficient (Wildman–Crippen LogP) is 2.16. The minimum atomic E-state index is -0.00525. The van der Waals surface area contributed by atoms with Gasteiger partial charge in [0.1, 0.15) is 0 Å². The number of hydrogen-bond acceptors (Lipinski definition) is 4. The molecule has 2 rings (SSSR count). The van der Waals surface area contributed by atoms with E-state index in [4.69, 9.17) is 0 Å². The van der Waals surface area contributed by atoms with Gasteiger partial charge in [-0.15, -0.1) is 0 Å². The zero-order valence-electron chi connectivity index (χ0n) is 11.0. The standard InChI is InChI=1S/C13H20N4O/c1-3-5-6-14-12-10(9-18)7-15-13-11(12)8-16-17(13)4-2/h7-8,18H,3-6,9H2,1-2H3,(H,14,15). The first-order valence-electron chi connectivity index (χ1n) is 6.49. The van der Waals surface area contributed by atoms with Gasteiger partial charge in [-0.25, -0.2) is 9.67 Å². The van der Waals surface area contributed by atoms with E-state index in [0.29, 0.717) is 0 Å². The molecule has 0 spiro atoms. The number of fused-ring (bicyclic) bond motifs is 1. The monoisotopic (exact) mass is 248 g/mol. The van der Waals surface area contributed by atoms with Gasteiger partial charge in [-0.3, -0.25) is 0 Å². The lowest BCUT2D eigenvalue weighted by molar-refractivity contribution is 0.282. The van der Waals surface area contributed by atoms with Crippen LogP contribution >= 0.6 is 0 Å². The number of nitrogens with zero attached hydrogens (tertiary/aromatic N) is 3. The Labute approximate surface area is 107 Å². The predicted molar refractivity (Wildman–Crippen MR) is 72.5 cm³/mol. The highest BCUT2D eigenvalue weighted by Gasteiger charge is 2.11. The van der Waals surface area contributed by atoms with E-state index in [1.807, 2.05) is 17.8 Å². The molecule has 2 aromatic heterocycles. The number of aliphatic hydroxyl groups excluding tert-OH is 1. The second-order valence-corrected chi connectivity index (χ2v) is 4.29. The number of rotatable bonds is 6. The van der Waals surface area contributed by atoms with Crippen molar-refractivity contribution in [3.63, 3.8) is 0 Å². The van der Waals surface area contributed by atoms with Crippen molar-refractivity contribution < 1.29 is 5.11 Å². The lowest BCUT2D eigenvalue weighted by Crippen LogP contribution is -2.06. The molecule has 2 heterocycles. The summed E-state index contributed by atoms with van der Waals surface area (Å²) in [6, 6.07) is 0. The Bertz CT molecular complexity index is 521. The highest BCUT2D eigenvalue weighted by atomic mass is 16.3. The summed E-state index contributed by atoms with van der Waals surface area (Å²) in [7, 11) is 0. The van der Waals surface area contributed by atoms with Crippen molar-refractivity contribution >= 4 is 16.7 Å². The summed E-state index contributed by atoms with van der Waals surface area (Å²) in [6.45, 7) is 5.89. The number of aromatic nitrogens is 3. The Hall–Kier alpha value is -1.62. The first-order chi connectivity index (χ1) is 8.81. The topological polar surface area (TPSA) is 63.0 Å². The molecule has 2 N–H and O–H groups in total. The highest BCUT2D eigenvalue weighted by molar-refractivity contribution is 5.90. The molecule has 0 saturated carbocycles. The van der Waals surface area contributed by atoms with Gasteiger partial charge in [0.05, 0.1) is 23.9 Å². The molecule has 5 heteroatoms. The van der Waals surface area contributed by atoms with E-state index < -0.39 is 0 Å². The highest BCUT2D eigenvalue weighted by Crippen LogP contribution is 2.25. The number of pyridine rings is 1. The summed E-state index contributed by atoms with van der Waals surface area (Å²) < 4.78 is 1.86. The van der Waals surface area contributed by atoms with E-state index in [0.717, 1.165) is 48.2 Å². The molecule has 0 unspecified atom stereocenters. The fourth-order valence-electron chi connectivity index (χ4n) is 2.02. The first-order valence-corrected chi connectivity index (χ1v) is 6.49. The molecule has 98 valence electrons. The molecular formula is C13H20N4O. The third-order valence-electron chi connectivity index (χ3n) is 3.05. The molecule has 0 saturated heterocycles. The van der Waals surface area contributed by atoms with E-state index in [2.05, 4.69) is 22.3 Å². The SMILES string of the molecule is CCCCNc1c(CO)cnc2c1cnn2CC. The molecule has 18 heavy (non-hydrogen) atoms. The second kappa shape index (κ2) is 5.82. The second-order valence-electron chi connectivity index (χ2n) is 4.29. The van der Waals surface area contributed by atoms with Crippen LogP contribution in [0.15, 0.2) is 12.4 Å². The van der Waals surface area contributed by atoms with Gasteiger partial charge in [0.15, 0.2) is 5.65 Å². The van der Waals surface area contributed by atoms with Crippen LogP contribution in [0.1, 0.15) is 32.3 Å². The maximum atomic E-state index is 9.39. The minimum absolute atomic E-state index is 0.00525. The van der Waals surface area contributed by atoms with Crippen LogP contribution in [-0.2, 0) is 13.2 Å². The van der Waals surface area contributed by atoms with Gasteiger partial charge < -0.3 is 10.4 Å². The Morgan fingerprint density at radius 1 is 1.33 bits per heavy atom. The molecule has 0 atom stereocenters. The molecule has 5 nitrogen and oxygen atoms in total. The molecule has 0 aliphatic carbocycles. The minimum Gasteiger partial charge on any atom is -0.392 e. The normalized spacial score (nSPS) is 11.1. The van der Waals surface area contributed by atoms with Gasteiger partial charge in [0.2, 0.25) is 0 Å². The van der Waals surface area contributed by atoms with Gasteiger partial charge in [0.25, 0.3) is 0 Å². The number of aryl methyl sites for hydroxylation is 1. The van der Waals surface area contributed by atoms with Crippen LogP contribution in [0.25, 0.3) is 11.0 Å². The van der Waals surface area contributed by atoms with Gasteiger partial charge in [-0.05, 0) is 13.3 Å². The fraction of sp³-hybridized carbons (Fsp3) is 0.538. The van der Waals surface area contributed by atoms with Gasteiger partial charge in [0, 0.05) is 24.8 Å². The fourth-order valence-corrected chi connectivity index (χ4v) is 2.02. The Kier molecular flexibility index (Phi) is 4.15. The van der Waals surface area contributed by atoms with E-state index in [-0.39, 0.29) is 6.61 Å². The van der Waals surface area contributed by atoms with Crippen LogP contribution in [-0.4, -0.2) is 26.4 Å². The van der Waals surface area contributed by atoms with Crippen molar-refractivity contribution in [2.75, 3.05) is 11.9 Å². The maximum absolute atomic E-state index is 9.39. The number of nitrogens with one attached hydrogen (secondary N) is 1. The molecular weight excluding hydrogens is 228 g/mol. The lowest BCUT2D eigenvalue weighted by Gasteiger charge is -2.11. The van der Waals surface area contributed by atoms with Crippen molar-refractivity contribution in [2.24, 2.45) is 0 Å². The van der Waals surface area contributed by atoms with E-state index in [9.17, 15) is 5.11 Å². The number of hydrogen-bond donors (Lipinski definition) is 2. The van der Waals surface area contributed by atoms with Gasteiger partial charge in [-0.1, -0.05) is 13.3 Å². The third-order valence-corrected chi connectivity index (χ3v) is 3.05. The van der Waals surface area contributed by atoms with Crippen LogP contribution in [0, 0.1) is 0 Å². The molecule has 0 aliphatic heterocycles. The van der Waals surface area contributed by atoms with Gasteiger partial charge >= 0.3 is 0 Å². The Morgan fingerprint density at radius 3 is 2.83 bits per heavy atom. The van der Waals surface area contributed by atoms with Crippen molar-refractivity contribution in [3.8, 4) is 0 Å². The molecule has 0 amide bonds. The zero-order valence-corrected chi connectivity index (χ0v) is 11.0. The average molecular weight is 248 g/mol. The van der Waals surface area contributed by atoms with Crippen LogP contribution in [0.5, 0.6) is 0 Å². The molecule has 2 aromatic rings. The van der Waals surface area contributed by atoms with Crippen molar-refractivity contribution in [1.82, 2.24) is 14.8 Å². The van der Waals surface area contributed by atoms with Crippen LogP contribution < -0.4 is 5.32 Å². The lowest BCUT2D eigenvalue weighted by atomic mass is 10.2. The summed E-state index contributed by atoms with van der Waals surface area (Å²) in [5.41, 5.74) is 2.67. The summed E-state index contributed by atoms with van der Waals surface area (Å²) in [6.07, 6.45) is 5.80. The molecule has 0 radical (unpaired) electrons. The van der Waals surface area contributed by atoms with Crippen LogP contribution in [0.4, 0.5) is 5.69 Å². The number of anilines is 1. The van der Waals surface area contributed by atoms with Crippen LogP contribution in [0.2, 0.25) is 0 Å². The Morgan fingerprint density at radius 2 is 2.17 bits per heavy atom. The first kappa shape index (κ1) is 12.8. The smallest absolute Gasteiger partial charge is 0.159 e. The van der Waals surface area contributed by atoms with Crippen LogP contribution in [0.3, 0.4) is 0 Å². The van der Waals surface area contributed by atoms with E-state index >= 15 is 0 Å². The average Bonchev–Trinajstić information content (AvgIpc) is 2.82. The summed E-state index contributed by atoms with van der Waals surface area (Å²) in [5.74, 6) is 0. The molecule has 0 fully saturated rings. The van der Waals surface area contributed by atoms with Crippen molar-refractivity contribution in [3.05, 3.63) is 18.0 Å². The zero-order chi connectivity index (χ0) is 13.0. The summed E-state index contributed by atoms with van der Waals surface area (Å²) in [5, 5.41) is 18.1. The van der Waals surface area contributed by atoms with Gasteiger partial charge in [-0.2, -0.15) is 5.10 Å². The molecule has 0 aromatic carbocycles. The summed E-state index contributed by atoms with van der Waals surface area (Å²) in [4.78, 5) is 4.37. The van der Waals surface area contributed by atoms with Crippen molar-refractivity contribution in [2.45, 2.75) is 39.8 Å². The third kappa shape index (κ3) is 2.31. The maximum Gasteiger partial charge on any atom is 0.159 e.